The first-order valence-electron chi connectivity index (χ1n) is 14.5. The monoisotopic (exact) mass is 824 g/mol. The summed E-state index contributed by atoms with van der Waals surface area (Å²) < 4.78 is 121. The van der Waals surface area contributed by atoms with Gasteiger partial charge >= 0.3 is 29.9 Å². The van der Waals surface area contributed by atoms with E-state index < -0.39 is 61.6 Å². The van der Waals surface area contributed by atoms with Crippen LogP contribution in [0.3, 0.4) is 0 Å². The number of alkyl halides is 9. The fourth-order valence-corrected chi connectivity index (χ4v) is 3.90. The van der Waals surface area contributed by atoms with Crippen LogP contribution in [0.1, 0.15) is 16.7 Å². The van der Waals surface area contributed by atoms with Crippen LogP contribution in [-0.2, 0) is 18.5 Å². The van der Waals surface area contributed by atoms with Crippen molar-refractivity contribution in [2.75, 3.05) is 30.6 Å². The topological polar surface area (TPSA) is 219 Å². The number of nitrogens with one attached hydrogen (secondary N) is 2. The maximum Gasteiger partial charge on any atom is 0.418 e. The van der Waals surface area contributed by atoms with Crippen LogP contribution in [0.15, 0.2) is 73.4 Å². The molecule has 0 atom stereocenters. The molecule has 26 heteroatoms. The highest BCUT2D eigenvalue weighted by molar-refractivity contribution is 6.31. The van der Waals surface area contributed by atoms with Gasteiger partial charge in [0.15, 0.2) is 5.82 Å². The fraction of sp³-hybridized carbons (Fsp3) is 0.167. The van der Waals surface area contributed by atoms with E-state index in [4.69, 9.17) is 26.8 Å². The number of anilines is 5. The molecule has 0 radical (unpaired) electrons. The summed E-state index contributed by atoms with van der Waals surface area (Å²) in [5.74, 6) is 0.555. The number of nitro groups is 2. The number of aromatic nitrogens is 5. The lowest BCUT2D eigenvalue weighted by atomic mass is 10.2. The molecule has 0 aromatic carbocycles. The lowest BCUT2D eigenvalue weighted by molar-refractivity contribution is -0.385. The summed E-state index contributed by atoms with van der Waals surface area (Å²) in [7, 11) is 2.89. The quantitative estimate of drug-likeness (QED) is 0.0577. The Labute approximate surface area is 311 Å². The number of rotatable bonds is 8. The predicted octanol–water partition coefficient (Wildman–Crippen LogP) is 8.65. The van der Waals surface area contributed by atoms with Crippen LogP contribution >= 0.6 is 11.6 Å². The Balaban J connectivity index is 0.000000231. The van der Waals surface area contributed by atoms with E-state index in [9.17, 15) is 59.7 Å². The van der Waals surface area contributed by atoms with Crippen molar-refractivity contribution in [2.45, 2.75) is 18.5 Å². The molecular formula is C30H22ClF9N10O6. The molecule has 0 amide bonds. The number of halogens is 10. The normalized spacial score (nSPS) is 11.2. The minimum Gasteiger partial charge on any atom is -0.481 e. The zero-order chi connectivity index (χ0) is 42.0. The Morgan fingerprint density at radius 3 is 1.38 bits per heavy atom. The number of methoxy groups -OCH3 is 2. The van der Waals surface area contributed by atoms with Gasteiger partial charge in [0, 0.05) is 42.9 Å². The van der Waals surface area contributed by atoms with E-state index in [1.54, 1.807) is 12.1 Å². The van der Waals surface area contributed by atoms with Gasteiger partial charge in [-0.15, -0.1) is 0 Å². The first-order valence-corrected chi connectivity index (χ1v) is 14.9. The molecule has 4 N–H and O–H groups in total. The molecule has 0 aliphatic carbocycles. The number of pyridine rings is 5. The fourth-order valence-electron chi connectivity index (χ4n) is 3.73. The molecule has 0 fully saturated rings. The van der Waals surface area contributed by atoms with Gasteiger partial charge in [-0.25, -0.2) is 24.9 Å². The van der Waals surface area contributed by atoms with Gasteiger partial charge in [0.25, 0.3) is 0 Å². The standard InChI is InChI=1S/C12H9F3N4O3.C12H11F3N4O.C6H2ClF3N2O2/c1-22-10-3-2-8(6-16-10)18-11-9(19(20)21)4-7(5-17-11)12(13,14)15;1-20-10-3-2-8(6-17-10)19-11-9(16)4-7(5-18-11)12(13,14)15;7-5-4(12(13)14)1-3(2-11-5)6(8,9)10/h2-6H,1H3,(H,17,18);2-6H,16H2,1H3,(H,18,19);1-2H. The second kappa shape index (κ2) is 18.0. The van der Waals surface area contributed by atoms with Crippen molar-refractivity contribution in [3.8, 4) is 11.8 Å². The van der Waals surface area contributed by atoms with E-state index >= 15 is 0 Å². The molecule has 0 aliphatic rings. The minimum atomic E-state index is -4.71. The van der Waals surface area contributed by atoms with Crippen LogP contribution < -0.4 is 25.8 Å². The smallest absolute Gasteiger partial charge is 0.418 e. The Hall–Kier alpha value is -6.79. The predicted molar refractivity (Wildman–Crippen MR) is 179 cm³/mol. The van der Waals surface area contributed by atoms with E-state index in [-0.39, 0.29) is 17.3 Å². The van der Waals surface area contributed by atoms with Gasteiger partial charge in [-0.1, -0.05) is 11.6 Å². The lowest BCUT2D eigenvalue weighted by Gasteiger charge is -2.11. The van der Waals surface area contributed by atoms with Crippen LogP contribution in [0, 0.1) is 20.2 Å². The van der Waals surface area contributed by atoms with Crippen LogP contribution in [0.2, 0.25) is 5.15 Å². The molecule has 16 nitrogen and oxygen atoms in total. The van der Waals surface area contributed by atoms with Gasteiger partial charge in [0.2, 0.25) is 22.7 Å². The zero-order valence-electron chi connectivity index (χ0n) is 27.9. The van der Waals surface area contributed by atoms with Crippen molar-refractivity contribution >= 4 is 51.7 Å². The highest BCUT2D eigenvalue weighted by atomic mass is 35.5. The van der Waals surface area contributed by atoms with Gasteiger partial charge in [-0.05, 0) is 18.2 Å². The maximum atomic E-state index is 12.6. The largest absolute Gasteiger partial charge is 0.481 e. The van der Waals surface area contributed by atoms with Gasteiger partial charge in [0.05, 0.1) is 70.2 Å². The highest BCUT2D eigenvalue weighted by Crippen LogP contribution is 2.36. The van der Waals surface area contributed by atoms with E-state index in [2.05, 4.69) is 35.6 Å². The highest BCUT2D eigenvalue weighted by Gasteiger charge is 2.35. The molecule has 0 saturated heterocycles. The number of ether oxygens (including phenoxy) is 2. The van der Waals surface area contributed by atoms with Crippen molar-refractivity contribution in [1.82, 2.24) is 24.9 Å². The second-order valence-electron chi connectivity index (χ2n) is 10.2. The summed E-state index contributed by atoms with van der Waals surface area (Å²) in [6, 6.07) is 7.81. The third kappa shape index (κ3) is 12.4. The van der Waals surface area contributed by atoms with Crippen molar-refractivity contribution in [1.29, 1.82) is 0 Å². The summed E-state index contributed by atoms with van der Waals surface area (Å²) in [5.41, 5.74) is 1.36. The van der Waals surface area contributed by atoms with Crippen molar-refractivity contribution in [3.63, 3.8) is 0 Å². The van der Waals surface area contributed by atoms with E-state index in [0.29, 0.717) is 47.7 Å². The van der Waals surface area contributed by atoms with Crippen molar-refractivity contribution in [3.05, 3.63) is 116 Å². The Morgan fingerprint density at radius 2 is 1.00 bits per heavy atom. The number of nitrogen functional groups attached to an aromatic ring is 1. The number of hydrogen-bond donors (Lipinski definition) is 3. The summed E-state index contributed by atoms with van der Waals surface area (Å²) in [6.07, 6.45) is -9.40. The van der Waals surface area contributed by atoms with Crippen molar-refractivity contribution < 1.29 is 58.8 Å². The molecule has 0 unspecified atom stereocenters. The first-order chi connectivity index (χ1) is 26.0. The first kappa shape index (κ1) is 43.6. The van der Waals surface area contributed by atoms with Crippen molar-refractivity contribution in [2.24, 2.45) is 0 Å². The van der Waals surface area contributed by atoms with E-state index in [1.807, 2.05) is 0 Å². The van der Waals surface area contributed by atoms with Crippen LogP contribution in [0.5, 0.6) is 11.8 Å². The molecule has 0 spiro atoms. The Kier molecular flexibility index (Phi) is 14.0. The van der Waals surface area contributed by atoms with Gasteiger partial charge in [-0.3, -0.25) is 20.2 Å². The maximum absolute atomic E-state index is 12.6. The van der Waals surface area contributed by atoms with Gasteiger partial charge < -0.3 is 25.8 Å². The molecule has 56 heavy (non-hydrogen) atoms. The van der Waals surface area contributed by atoms with Crippen LogP contribution in [-0.4, -0.2) is 49.0 Å². The minimum absolute atomic E-state index is 0.101. The SMILES string of the molecule is COc1ccc(Nc2ncc(C(F)(F)F)cc2N)cn1.COc1ccc(Nc2ncc(C(F)(F)F)cc2[N+](=O)[O-])cn1.O=[N+]([O-])c1cc(C(F)(F)F)cnc1Cl. The molecule has 298 valence electrons. The number of nitrogens with zero attached hydrogens (tertiary/aromatic N) is 7. The summed E-state index contributed by atoms with van der Waals surface area (Å²) in [6.45, 7) is 0. The average molecular weight is 825 g/mol. The second-order valence-corrected chi connectivity index (χ2v) is 10.6. The van der Waals surface area contributed by atoms with E-state index in [0.717, 1.165) is 12.3 Å². The molecule has 5 rings (SSSR count). The molecular weight excluding hydrogens is 803 g/mol. The molecule has 5 aromatic heterocycles. The van der Waals surface area contributed by atoms with Crippen LogP contribution in [0.25, 0.3) is 0 Å². The molecule has 5 heterocycles. The third-order valence-corrected chi connectivity index (χ3v) is 6.69. The lowest BCUT2D eigenvalue weighted by Crippen LogP contribution is -2.08. The molecule has 0 saturated carbocycles. The summed E-state index contributed by atoms with van der Waals surface area (Å²) >= 11 is 5.22. The van der Waals surface area contributed by atoms with Gasteiger partial charge in [-0.2, -0.15) is 39.5 Å². The average Bonchev–Trinajstić information content (AvgIpc) is 3.12. The third-order valence-electron chi connectivity index (χ3n) is 6.40. The Morgan fingerprint density at radius 1 is 0.607 bits per heavy atom. The van der Waals surface area contributed by atoms with E-state index in [1.165, 1.54) is 38.7 Å². The molecule has 5 aromatic rings. The Bertz CT molecular complexity index is 2140. The molecule has 0 bridgehead atoms. The van der Waals surface area contributed by atoms with Crippen LogP contribution in [0.4, 0.5) is 79.6 Å². The summed E-state index contributed by atoms with van der Waals surface area (Å²) in [4.78, 5) is 37.2. The number of nitrogens with two attached hydrogens (primary N) is 1. The zero-order valence-corrected chi connectivity index (χ0v) is 28.6. The van der Waals surface area contributed by atoms with Gasteiger partial charge in [0.1, 0.15) is 0 Å². The molecule has 0 aliphatic heterocycles. The summed E-state index contributed by atoms with van der Waals surface area (Å²) in [5, 5.41) is 25.9. The number of hydrogen-bond acceptors (Lipinski definition) is 14.